The van der Waals surface area contributed by atoms with Gasteiger partial charge >= 0.3 is 203 Å². The predicted octanol–water partition coefficient (Wildman–Crippen LogP) is 2.58. The van der Waals surface area contributed by atoms with E-state index in [2.05, 4.69) is 20.3 Å². The first kappa shape index (κ1) is 25.9. The molecule has 0 aliphatic heterocycles. The number of rotatable bonds is 8. The second-order valence-electron chi connectivity index (χ2n) is 7.48. The Morgan fingerprint density at radius 2 is 1.85 bits per heavy atom. The van der Waals surface area contributed by atoms with Crippen molar-refractivity contribution in [3.05, 3.63) is 65.6 Å². The third kappa shape index (κ3) is 6.46. The van der Waals surface area contributed by atoms with Crippen LogP contribution in [0.4, 0.5) is 30.5 Å². The van der Waals surface area contributed by atoms with Crippen molar-refractivity contribution in [1.82, 2.24) is 15.0 Å². The van der Waals surface area contributed by atoms with E-state index in [0.29, 0.717) is 17.1 Å². The van der Waals surface area contributed by atoms with Crippen LogP contribution in [0.5, 0.6) is 0 Å². The molecule has 0 aliphatic rings. The molecule has 0 aliphatic carbocycles. The number of nitrogens with one attached hydrogen (secondary N) is 1. The van der Waals surface area contributed by atoms with E-state index in [1.54, 1.807) is 24.3 Å². The molecule has 1 aromatic carbocycles. The van der Waals surface area contributed by atoms with E-state index in [0.717, 1.165) is 22.3 Å². The van der Waals surface area contributed by atoms with Crippen LogP contribution in [0.3, 0.4) is 0 Å². The summed E-state index contributed by atoms with van der Waals surface area (Å²) < 4.78 is 65.7. The van der Waals surface area contributed by atoms with Crippen molar-refractivity contribution in [2.45, 2.75) is 24.4 Å². The monoisotopic (exact) mass is 555 g/mol. The van der Waals surface area contributed by atoms with E-state index in [1.165, 1.54) is 13.2 Å². The van der Waals surface area contributed by atoms with Gasteiger partial charge in [-0.05, 0) is 0 Å². The molecule has 3 N–H and O–H groups in total. The first-order chi connectivity index (χ1) is 15.9. The molecule has 1 atom stereocenters. The van der Waals surface area contributed by atoms with Crippen molar-refractivity contribution < 1.29 is 21.6 Å². The van der Waals surface area contributed by atoms with Gasteiger partial charge in [0, 0.05) is 0 Å². The number of halogens is 3. The Morgan fingerprint density at radius 3 is 2.44 bits per heavy atom. The summed E-state index contributed by atoms with van der Waals surface area (Å²) in [6.45, 7) is 1.84. The molecular weight excluding hydrogens is 532 g/mol. The Morgan fingerprint density at radius 1 is 1.18 bits per heavy atom. The zero-order valence-electron chi connectivity index (χ0n) is 18.6. The van der Waals surface area contributed by atoms with Crippen molar-refractivity contribution in [2.75, 3.05) is 22.9 Å². The zero-order chi connectivity index (χ0) is 25.1. The number of nitrogens with zero attached hydrogens (tertiary/aromatic N) is 4. The van der Waals surface area contributed by atoms with Crippen LogP contribution in [0, 0.1) is 0 Å². The van der Waals surface area contributed by atoms with Gasteiger partial charge in [0.25, 0.3) is 0 Å². The summed E-state index contributed by atoms with van der Waals surface area (Å²) in [4.78, 5) is 12.2. The second-order valence-corrected chi connectivity index (χ2v) is 11.7. The average Bonchev–Trinajstić information content (AvgIpc) is 2.76. The van der Waals surface area contributed by atoms with Crippen LogP contribution in [0.15, 0.2) is 48.8 Å². The molecule has 3 rings (SSSR count). The van der Waals surface area contributed by atoms with E-state index in [4.69, 9.17) is 5.73 Å². The van der Waals surface area contributed by atoms with E-state index in [-0.39, 0.29) is 21.7 Å². The standard InChI is InChI=1S/C21H23AsF3N6O2S/c1-13(26)14-6-8-15(9-7-14)29-20-28-12-16(21(23,24)25)19(30-20)22-11-17-18(5-4-10-27-17)31(2)34(3,32)33/h4-10,12-13H,11,26H2,1-3H3,(H,28,29,30)/t13-/m1/s1. The molecule has 0 saturated heterocycles. The number of anilines is 3. The fourth-order valence-electron chi connectivity index (χ4n) is 2.92. The Bertz CT molecular complexity index is 1250. The van der Waals surface area contributed by atoms with E-state index < -0.39 is 37.5 Å². The van der Waals surface area contributed by atoms with Gasteiger partial charge in [0.05, 0.1) is 0 Å². The van der Waals surface area contributed by atoms with Gasteiger partial charge in [0.15, 0.2) is 0 Å². The van der Waals surface area contributed by atoms with Gasteiger partial charge < -0.3 is 0 Å². The molecule has 34 heavy (non-hydrogen) atoms. The van der Waals surface area contributed by atoms with Crippen LogP contribution < -0.4 is 19.8 Å². The van der Waals surface area contributed by atoms with Crippen LogP contribution in [0.2, 0.25) is 0 Å². The molecule has 0 amide bonds. The molecule has 0 bridgehead atoms. The van der Waals surface area contributed by atoms with E-state index >= 15 is 0 Å². The van der Waals surface area contributed by atoms with Gasteiger partial charge in [-0.15, -0.1) is 0 Å². The van der Waals surface area contributed by atoms with Crippen molar-refractivity contribution in [1.29, 1.82) is 0 Å². The van der Waals surface area contributed by atoms with E-state index in [9.17, 15) is 21.6 Å². The number of aromatic nitrogens is 3. The quantitative estimate of drug-likeness (QED) is 0.411. The Labute approximate surface area is 202 Å². The number of nitrogens with two attached hydrogens (primary N) is 1. The predicted molar refractivity (Wildman–Crippen MR) is 126 cm³/mol. The molecule has 2 aromatic heterocycles. The topological polar surface area (TPSA) is 114 Å². The van der Waals surface area contributed by atoms with Crippen molar-refractivity contribution >= 4 is 47.6 Å². The third-order valence-corrected chi connectivity index (χ3v) is 8.34. The Balaban J connectivity index is 1.89. The minimum atomic E-state index is -4.63. The third-order valence-electron chi connectivity index (χ3n) is 4.85. The zero-order valence-corrected chi connectivity index (χ0v) is 21.3. The number of alkyl halides is 3. The molecule has 1 radical (unpaired) electrons. The summed E-state index contributed by atoms with van der Waals surface area (Å²) in [5.41, 5.74) is 7.13. The molecule has 0 spiro atoms. The summed E-state index contributed by atoms with van der Waals surface area (Å²) in [6, 6.07) is 10.1. The fraction of sp³-hybridized carbons (Fsp3) is 0.286. The molecule has 0 unspecified atom stereocenters. The van der Waals surface area contributed by atoms with Gasteiger partial charge in [0.2, 0.25) is 0 Å². The molecule has 13 heteroatoms. The van der Waals surface area contributed by atoms with Crippen LogP contribution in [0.25, 0.3) is 0 Å². The van der Waals surface area contributed by atoms with Gasteiger partial charge in [-0.3, -0.25) is 0 Å². The average molecular weight is 555 g/mol. The van der Waals surface area contributed by atoms with Crippen LogP contribution in [0.1, 0.15) is 29.8 Å². The number of benzene rings is 1. The maximum absolute atomic E-state index is 13.6. The summed E-state index contributed by atoms with van der Waals surface area (Å²) in [5.74, 6) is 0.0290. The number of hydrogen-bond donors (Lipinski definition) is 2. The van der Waals surface area contributed by atoms with Gasteiger partial charge in [-0.2, -0.15) is 0 Å². The Hall–Kier alpha value is -2.69. The van der Waals surface area contributed by atoms with Crippen molar-refractivity contribution in [2.24, 2.45) is 5.73 Å². The molecular formula is C21H23AsF3N6O2S. The molecule has 2 heterocycles. The second kappa shape index (κ2) is 10.3. The molecule has 0 fully saturated rings. The summed E-state index contributed by atoms with van der Waals surface area (Å²) >= 11 is -1.16. The van der Waals surface area contributed by atoms with Crippen LogP contribution >= 0.6 is 0 Å². The molecule has 8 nitrogen and oxygen atoms in total. The van der Waals surface area contributed by atoms with E-state index in [1.807, 2.05) is 19.1 Å². The first-order valence-electron chi connectivity index (χ1n) is 9.98. The van der Waals surface area contributed by atoms with Gasteiger partial charge in [0.1, 0.15) is 0 Å². The van der Waals surface area contributed by atoms with Crippen LogP contribution in [-0.4, -0.2) is 52.4 Å². The van der Waals surface area contributed by atoms with Crippen molar-refractivity contribution in [3.8, 4) is 0 Å². The Kier molecular flexibility index (Phi) is 7.84. The summed E-state index contributed by atoms with van der Waals surface area (Å²) in [7, 11) is -2.19. The first-order valence-corrected chi connectivity index (χ1v) is 14.1. The number of hydrogen-bond acceptors (Lipinski definition) is 7. The summed E-state index contributed by atoms with van der Waals surface area (Å²) in [6.07, 6.45) is -1.35. The normalized spacial score (nSPS) is 13.3. The number of sulfonamides is 1. The molecule has 0 saturated carbocycles. The number of pyridine rings is 1. The molecule has 3 aromatic rings. The van der Waals surface area contributed by atoms with Gasteiger partial charge in [-0.25, -0.2) is 0 Å². The van der Waals surface area contributed by atoms with Gasteiger partial charge in [-0.1, -0.05) is 0 Å². The molecule has 181 valence electrons. The van der Waals surface area contributed by atoms with Crippen LogP contribution in [-0.2, 0) is 21.4 Å². The minimum absolute atomic E-state index is 0.0290. The SMILES string of the molecule is C[C@@H](N)c1ccc(Nc2ncc(C(F)(F)F)c([As]Cc3ncccc3N(C)S(C)(=O)=O)n2)cc1. The fourth-order valence-corrected chi connectivity index (χ4v) is 5.67. The van der Waals surface area contributed by atoms with Crippen molar-refractivity contribution in [3.63, 3.8) is 0 Å². The maximum atomic E-state index is 13.6. The summed E-state index contributed by atoms with van der Waals surface area (Å²) in [5, 5.41) is 3.05.